The number of anilines is 2. The maximum absolute atomic E-state index is 7.07. The van der Waals surface area contributed by atoms with Crippen molar-refractivity contribution in [2.45, 2.75) is 77.6 Å². The lowest BCUT2D eigenvalue weighted by Gasteiger charge is -2.41. The van der Waals surface area contributed by atoms with Gasteiger partial charge in [0.15, 0.2) is 7.28 Å². The first-order valence-electron chi connectivity index (χ1n) is 26.2. The fourth-order valence-electron chi connectivity index (χ4n) is 12.7. The number of rotatable bonds is 5. The SMILES string of the molecule is CC(C)(C)c1ccc(Nc2cc3sc4cc5c(cc4c3cc2-c2ccc3c4cc6c(cc4n4c3c2[B]c2cc3oc(-c7ccccc7)c(-c7ccccc7)c3cc2-4)sc2ccccc26)C(C)(C)CCC5(C)C)cc1. The highest BCUT2D eigenvalue weighted by Gasteiger charge is 2.38. The third-order valence-corrected chi connectivity index (χ3v) is 19.1. The van der Waals surface area contributed by atoms with Crippen molar-refractivity contribution in [2.75, 3.05) is 5.32 Å². The average Bonchev–Trinajstić information content (AvgIpc) is 4.15. The van der Waals surface area contributed by atoms with E-state index in [1.165, 1.54) is 108 Å². The summed E-state index contributed by atoms with van der Waals surface area (Å²) in [5.74, 6) is 0.887. The molecule has 1 aliphatic heterocycles. The Morgan fingerprint density at radius 3 is 1.95 bits per heavy atom. The van der Waals surface area contributed by atoms with E-state index in [2.05, 4.69) is 235 Å². The van der Waals surface area contributed by atoms with Gasteiger partial charge in [0.1, 0.15) is 11.3 Å². The van der Waals surface area contributed by atoms with Crippen molar-refractivity contribution in [3.05, 3.63) is 187 Å². The summed E-state index contributed by atoms with van der Waals surface area (Å²) in [6.07, 6.45) is 2.38. The second kappa shape index (κ2) is 15.6. The lowest BCUT2D eigenvalue weighted by molar-refractivity contribution is 0.332. The van der Waals surface area contributed by atoms with Crippen molar-refractivity contribution in [1.29, 1.82) is 0 Å². The lowest BCUT2D eigenvalue weighted by Crippen LogP contribution is -2.37. The van der Waals surface area contributed by atoms with Crippen molar-refractivity contribution < 1.29 is 4.42 Å². The molecule has 6 heteroatoms. The number of thiophene rings is 2. The van der Waals surface area contributed by atoms with E-state index in [9.17, 15) is 0 Å². The summed E-state index contributed by atoms with van der Waals surface area (Å²) in [5, 5.41) is 12.9. The summed E-state index contributed by atoms with van der Waals surface area (Å²) in [6.45, 7) is 16.6. The minimum absolute atomic E-state index is 0.0559. The van der Waals surface area contributed by atoms with Gasteiger partial charge in [-0.15, -0.1) is 22.7 Å². The molecule has 13 aromatic rings. The summed E-state index contributed by atoms with van der Waals surface area (Å²) >= 11 is 3.82. The van der Waals surface area contributed by atoms with Crippen LogP contribution in [0.5, 0.6) is 0 Å². The topological polar surface area (TPSA) is 30.1 Å². The first-order valence-corrected chi connectivity index (χ1v) is 27.8. The highest BCUT2D eigenvalue weighted by Crippen LogP contribution is 2.51. The summed E-state index contributed by atoms with van der Waals surface area (Å²) in [4.78, 5) is 0. The Balaban J connectivity index is 1.02. The van der Waals surface area contributed by atoms with Crippen LogP contribution in [0.4, 0.5) is 11.4 Å². The predicted octanol–water partition coefficient (Wildman–Crippen LogP) is 18.6. The molecular weight excluding hydrogens is 936 g/mol. The van der Waals surface area contributed by atoms with Crippen LogP contribution in [0.1, 0.15) is 78.0 Å². The molecule has 9 aromatic carbocycles. The normalized spacial score (nSPS) is 14.9. The van der Waals surface area contributed by atoms with Crippen LogP contribution >= 0.6 is 22.7 Å². The van der Waals surface area contributed by atoms with Crippen molar-refractivity contribution >= 4 is 125 Å². The van der Waals surface area contributed by atoms with Gasteiger partial charge in [-0.1, -0.05) is 157 Å². The summed E-state index contributed by atoms with van der Waals surface area (Å²) in [6, 6.07) is 63.8. The van der Waals surface area contributed by atoms with E-state index in [1.54, 1.807) is 0 Å². The molecule has 74 heavy (non-hydrogen) atoms. The molecule has 0 amide bonds. The van der Waals surface area contributed by atoms with Crippen LogP contribution in [0.25, 0.3) is 112 Å². The van der Waals surface area contributed by atoms with Gasteiger partial charge in [-0.3, -0.25) is 0 Å². The lowest BCUT2D eigenvalue weighted by atomic mass is 9.59. The minimum atomic E-state index is 0.0559. The Hall–Kier alpha value is -7.38. The van der Waals surface area contributed by atoms with Crippen molar-refractivity contribution in [2.24, 2.45) is 0 Å². The molecule has 1 aliphatic carbocycles. The quantitative estimate of drug-likeness (QED) is 0.174. The third kappa shape index (κ3) is 6.56. The van der Waals surface area contributed by atoms with Crippen molar-refractivity contribution in [1.82, 2.24) is 4.57 Å². The Labute approximate surface area is 440 Å². The van der Waals surface area contributed by atoms with Gasteiger partial charge < -0.3 is 14.3 Å². The Morgan fingerprint density at radius 1 is 0.541 bits per heavy atom. The average molecular weight is 990 g/mol. The van der Waals surface area contributed by atoms with E-state index >= 15 is 0 Å². The number of aromatic nitrogens is 1. The maximum Gasteiger partial charge on any atom is 0.198 e. The maximum atomic E-state index is 7.07. The molecule has 4 aromatic heterocycles. The summed E-state index contributed by atoms with van der Waals surface area (Å²) < 4.78 is 14.9. The van der Waals surface area contributed by atoms with E-state index in [4.69, 9.17) is 4.42 Å². The second-order valence-corrected chi connectivity index (χ2v) is 25.6. The van der Waals surface area contributed by atoms with Gasteiger partial charge in [0.2, 0.25) is 0 Å². The van der Waals surface area contributed by atoms with Crippen LogP contribution < -0.4 is 16.2 Å². The van der Waals surface area contributed by atoms with Gasteiger partial charge in [0.25, 0.3) is 0 Å². The number of nitrogens with one attached hydrogen (secondary N) is 1. The van der Waals surface area contributed by atoms with Crippen molar-refractivity contribution in [3.8, 4) is 39.3 Å². The van der Waals surface area contributed by atoms with Crippen molar-refractivity contribution in [3.63, 3.8) is 0 Å². The Morgan fingerprint density at radius 2 is 1.19 bits per heavy atom. The molecular formula is C68H54BN2OS2. The number of nitrogens with zero attached hydrogens (tertiary/aromatic N) is 1. The molecule has 3 nitrogen and oxygen atoms in total. The van der Waals surface area contributed by atoms with Gasteiger partial charge >= 0.3 is 0 Å². The Bertz CT molecular complexity index is 4500. The molecule has 0 atom stereocenters. The number of fused-ring (bicyclic) bond motifs is 13. The molecule has 0 saturated heterocycles. The first kappa shape index (κ1) is 44.1. The standard InChI is InChI=1S/C68H54BN2OS2/c1-66(2,3)40-22-24-41(25-23-40)70-54-36-60-48(49-32-51-52(34-59(49)74-60)68(6,7)29-28-67(51,4)5)30-45(54)43-26-27-44-46-31-47-42-20-14-15-21-58(42)73-61(47)37-55(46)71-56-33-50-57(35-53(56)69-63(43)64(44)71)72-65(39-18-12-9-13-19-39)62(50)38-16-10-8-11-17-38/h8-27,30-37,70H,28-29H2,1-7H3. The van der Waals surface area contributed by atoms with Crippen LogP contribution in [-0.4, -0.2) is 11.8 Å². The van der Waals surface area contributed by atoms with Crippen LogP contribution in [0.3, 0.4) is 0 Å². The van der Waals surface area contributed by atoms with Gasteiger partial charge in [-0.25, -0.2) is 0 Å². The zero-order valence-electron chi connectivity index (χ0n) is 42.8. The molecule has 15 rings (SSSR count). The minimum Gasteiger partial charge on any atom is -0.455 e. The van der Waals surface area contributed by atoms with E-state index in [0.717, 1.165) is 55.9 Å². The highest BCUT2D eigenvalue weighted by molar-refractivity contribution is 7.26. The first-order chi connectivity index (χ1) is 35.8. The van der Waals surface area contributed by atoms with Crippen LogP contribution in [0.2, 0.25) is 0 Å². The second-order valence-electron chi connectivity index (χ2n) is 23.4. The number of furan rings is 1. The predicted molar refractivity (Wildman–Crippen MR) is 321 cm³/mol. The van der Waals surface area contributed by atoms with Gasteiger partial charge in [0.05, 0.1) is 5.52 Å². The summed E-state index contributed by atoms with van der Waals surface area (Å²) in [7, 11) is 2.45. The summed E-state index contributed by atoms with van der Waals surface area (Å²) in [5.41, 5.74) is 19.3. The Kier molecular flexibility index (Phi) is 9.29. The zero-order chi connectivity index (χ0) is 50.0. The van der Waals surface area contributed by atoms with E-state index in [-0.39, 0.29) is 16.2 Å². The fourth-order valence-corrected chi connectivity index (χ4v) is 15.0. The zero-order valence-corrected chi connectivity index (χ0v) is 44.5. The van der Waals surface area contributed by atoms with Gasteiger partial charge in [-0.05, 0) is 129 Å². The number of benzene rings is 9. The molecule has 1 radical (unpaired) electrons. The molecule has 1 N–H and O–H groups in total. The van der Waals surface area contributed by atoms with Crippen LogP contribution in [0, 0.1) is 0 Å². The fraction of sp³-hybridized carbons (Fsp3) is 0.176. The number of hydrogen-bond acceptors (Lipinski definition) is 4. The van der Waals surface area contributed by atoms with E-state index < -0.39 is 0 Å². The van der Waals surface area contributed by atoms with Crippen LogP contribution in [-0.2, 0) is 16.2 Å². The highest BCUT2D eigenvalue weighted by atomic mass is 32.1. The molecule has 0 saturated carbocycles. The molecule has 0 bridgehead atoms. The van der Waals surface area contributed by atoms with E-state index in [1.807, 2.05) is 22.7 Å². The molecule has 5 heterocycles. The molecule has 2 aliphatic rings. The monoisotopic (exact) mass is 989 g/mol. The molecule has 0 spiro atoms. The third-order valence-electron chi connectivity index (χ3n) is 16.8. The smallest absolute Gasteiger partial charge is 0.198 e. The molecule has 357 valence electrons. The van der Waals surface area contributed by atoms with Gasteiger partial charge in [0, 0.05) is 95.8 Å². The van der Waals surface area contributed by atoms with Gasteiger partial charge in [-0.2, -0.15) is 0 Å². The largest absolute Gasteiger partial charge is 0.455 e. The number of hydrogen-bond donors (Lipinski definition) is 1. The molecule has 0 unspecified atom stereocenters. The molecule has 0 fully saturated rings. The van der Waals surface area contributed by atoms with Crippen LogP contribution in [0.15, 0.2) is 174 Å². The van der Waals surface area contributed by atoms with E-state index in [0.29, 0.717) is 0 Å².